The highest BCUT2D eigenvalue weighted by Gasteiger charge is 2.20. The van der Waals surface area contributed by atoms with Gasteiger partial charge in [-0.15, -0.1) is 0 Å². The molecule has 1 aliphatic heterocycles. The maximum atomic E-state index is 12.4. The molecule has 2 aromatic rings. The molecule has 1 aliphatic carbocycles. The van der Waals surface area contributed by atoms with Crippen LogP contribution in [0.25, 0.3) is 0 Å². The van der Waals surface area contributed by atoms with Crippen molar-refractivity contribution in [2.75, 3.05) is 51.3 Å². The molecule has 2 fully saturated rings. The van der Waals surface area contributed by atoms with Gasteiger partial charge in [0.05, 0.1) is 13.2 Å². The van der Waals surface area contributed by atoms with E-state index < -0.39 is 0 Å². The maximum Gasteiger partial charge on any atom is 0.251 e. The lowest BCUT2D eigenvalue weighted by molar-refractivity contribution is 0.0383. The van der Waals surface area contributed by atoms with Gasteiger partial charge >= 0.3 is 0 Å². The van der Waals surface area contributed by atoms with Crippen LogP contribution < -0.4 is 10.2 Å². The SMILES string of the molecule is CN(c1cc(Cl)nc(SCc2ccc(C(=O)NCCN3CCOCC3)cc2)n1)C1CCCCC1. The van der Waals surface area contributed by atoms with E-state index in [9.17, 15) is 4.79 Å². The Kier molecular flexibility index (Phi) is 9.44. The lowest BCUT2D eigenvalue weighted by Gasteiger charge is -2.32. The van der Waals surface area contributed by atoms with E-state index in [0.29, 0.717) is 34.2 Å². The summed E-state index contributed by atoms with van der Waals surface area (Å²) in [6.45, 7) is 4.88. The van der Waals surface area contributed by atoms with Gasteiger partial charge in [-0.3, -0.25) is 9.69 Å². The first-order valence-electron chi connectivity index (χ1n) is 12.2. The third-order valence-electron chi connectivity index (χ3n) is 6.55. The lowest BCUT2D eigenvalue weighted by Crippen LogP contribution is -2.41. The Morgan fingerprint density at radius 2 is 1.91 bits per heavy atom. The van der Waals surface area contributed by atoms with Crippen molar-refractivity contribution < 1.29 is 9.53 Å². The molecule has 0 bridgehead atoms. The summed E-state index contributed by atoms with van der Waals surface area (Å²) in [6.07, 6.45) is 6.28. The van der Waals surface area contributed by atoms with Crippen LogP contribution in [0.5, 0.6) is 0 Å². The zero-order chi connectivity index (χ0) is 23.8. The number of benzene rings is 1. The fourth-order valence-corrected chi connectivity index (χ4v) is 5.48. The highest BCUT2D eigenvalue weighted by atomic mass is 35.5. The standard InChI is InChI=1S/C25H34ClN5O2S/c1-30(21-5-3-2-4-6-21)23-17-22(26)28-25(29-23)34-18-19-7-9-20(10-8-19)24(32)27-11-12-31-13-15-33-16-14-31/h7-10,17,21H,2-6,11-16,18H2,1H3,(H,27,32). The summed E-state index contributed by atoms with van der Waals surface area (Å²) in [5.74, 6) is 1.56. The van der Waals surface area contributed by atoms with Crippen LogP contribution in [0, 0.1) is 0 Å². The topological polar surface area (TPSA) is 70.6 Å². The van der Waals surface area contributed by atoms with E-state index in [1.54, 1.807) is 11.8 Å². The highest BCUT2D eigenvalue weighted by molar-refractivity contribution is 7.98. The van der Waals surface area contributed by atoms with Crippen molar-refractivity contribution in [1.29, 1.82) is 0 Å². The molecule has 1 amide bonds. The molecule has 184 valence electrons. The normalized spacial score (nSPS) is 17.5. The fraction of sp³-hybridized carbons (Fsp3) is 0.560. The summed E-state index contributed by atoms with van der Waals surface area (Å²) in [4.78, 5) is 26.2. The minimum atomic E-state index is -0.0407. The molecule has 2 aliphatic rings. The lowest BCUT2D eigenvalue weighted by atomic mass is 9.94. The molecule has 4 rings (SSSR count). The van der Waals surface area contributed by atoms with Crippen LogP contribution >= 0.6 is 23.4 Å². The number of anilines is 1. The molecule has 1 saturated heterocycles. The first-order chi connectivity index (χ1) is 16.6. The molecule has 2 heterocycles. The predicted molar refractivity (Wildman–Crippen MR) is 138 cm³/mol. The number of nitrogens with zero attached hydrogens (tertiary/aromatic N) is 4. The van der Waals surface area contributed by atoms with Crippen LogP contribution in [0.15, 0.2) is 35.5 Å². The summed E-state index contributed by atoms with van der Waals surface area (Å²) in [5.41, 5.74) is 1.78. The van der Waals surface area contributed by atoms with Gasteiger partial charge in [0.15, 0.2) is 5.16 Å². The zero-order valence-corrected chi connectivity index (χ0v) is 21.4. The Morgan fingerprint density at radius 3 is 2.65 bits per heavy atom. The Bertz CT molecular complexity index is 933. The van der Waals surface area contributed by atoms with E-state index in [1.807, 2.05) is 30.3 Å². The molecule has 1 N–H and O–H groups in total. The highest BCUT2D eigenvalue weighted by Crippen LogP contribution is 2.28. The fourth-order valence-electron chi connectivity index (χ4n) is 4.44. The smallest absolute Gasteiger partial charge is 0.251 e. The summed E-state index contributed by atoms with van der Waals surface area (Å²) in [6, 6.07) is 10.1. The van der Waals surface area contributed by atoms with Crippen molar-refractivity contribution in [1.82, 2.24) is 20.2 Å². The van der Waals surface area contributed by atoms with Crippen LogP contribution in [-0.4, -0.2) is 73.3 Å². The number of carbonyl (C=O) groups excluding carboxylic acids is 1. The molecule has 1 aromatic carbocycles. The van der Waals surface area contributed by atoms with Gasteiger partial charge in [-0.05, 0) is 30.5 Å². The molecule has 0 spiro atoms. The predicted octanol–water partition coefficient (Wildman–Crippen LogP) is 4.25. The molecule has 0 unspecified atom stereocenters. The number of thioether (sulfide) groups is 1. The van der Waals surface area contributed by atoms with E-state index in [4.69, 9.17) is 21.3 Å². The molecule has 34 heavy (non-hydrogen) atoms. The monoisotopic (exact) mass is 503 g/mol. The Hall–Kier alpha value is -1.87. The average Bonchev–Trinajstić information content (AvgIpc) is 2.88. The van der Waals surface area contributed by atoms with Crippen LogP contribution in [-0.2, 0) is 10.5 Å². The minimum absolute atomic E-state index is 0.0407. The van der Waals surface area contributed by atoms with Gasteiger partial charge < -0.3 is 15.0 Å². The van der Waals surface area contributed by atoms with Gasteiger partial charge in [0.1, 0.15) is 11.0 Å². The summed E-state index contributed by atoms with van der Waals surface area (Å²) >= 11 is 7.88. The number of rotatable bonds is 9. The molecule has 7 nitrogen and oxygen atoms in total. The second kappa shape index (κ2) is 12.7. The second-order valence-corrected chi connectivity index (χ2v) is 10.3. The summed E-state index contributed by atoms with van der Waals surface area (Å²) < 4.78 is 5.36. The van der Waals surface area contributed by atoms with Gasteiger partial charge in [-0.25, -0.2) is 9.97 Å². The number of halogens is 1. The number of ether oxygens (including phenoxy) is 1. The maximum absolute atomic E-state index is 12.4. The van der Waals surface area contributed by atoms with Crippen LogP contribution in [0.2, 0.25) is 5.15 Å². The molecule has 9 heteroatoms. The average molecular weight is 504 g/mol. The Balaban J connectivity index is 1.27. The molecule has 0 radical (unpaired) electrons. The van der Waals surface area contributed by atoms with Gasteiger partial charge in [0.2, 0.25) is 0 Å². The summed E-state index contributed by atoms with van der Waals surface area (Å²) in [5, 5.41) is 4.16. The van der Waals surface area contributed by atoms with Crippen LogP contribution in [0.1, 0.15) is 48.0 Å². The van der Waals surface area contributed by atoms with Gasteiger partial charge in [-0.1, -0.05) is 54.8 Å². The van der Waals surface area contributed by atoms with E-state index in [-0.39, 0.29) is 5.91 Å². The number of morpholine rings is 1. The third kappa shape index (κ3) is 7.31. The van der Waals surface area contributed by atoms with E-state index >= 15 is 0 Å². The van der Waals surface area contributed by atoms with Gasteiger partial charge in [-0.2, -0.15) is 0 Å². The minimum Gasteiger partial charge on any atom is -0.379 e. The van der Waals surface area contributed by atoms with Gasteiger partial charge in [0, 0.05) is 56.7 Å². The van der Waals surface area contributed by atoms with E-state index in [2.05, 4.69) is 27.1 Å². The third-order valence-corrected chi connectivity index (χ3v) is 7.66. The number of amides is 1. The molecule has 0 atom stereocenters. The van der Waals surface area contributed by atoms with Crippen molar-refractivity contribution >= 4 is 35.1 Å². The van der Waals surface area contributed by atoms with Crippen molar-refractivity contribution in [3.8, 4) is 0 Å². The Morgan fingerprint density at radius 1 is 1.18 bits per heavy atom. The zero-order valence-electron chi connectivity index (χ0n) is 19.8. The van der Waals surface area contributed by atoms with Crippen molar-refractivity contribution in [3.05, 3.63) is 46.6 Å². The van der Waals surface area contributed by atoms with Crippen LogP contribution in [0.3, 0.4) is 0 Å². The quantitative estimate of drug-likeness (QED) is 0.311. The first kappa shape index (κ1) is 25.2. The number of aromatic nitrogens is 2. The molecule has 1 saturated carbocycles. The van der Waals surface area contributed by atoms with E-state index in [1.165, 1.54) is 32.1 Å². The van der Waals surface area contributed by atoms with E-state index in [0.717, 1.165) is 44.2 Å². The molecular weight excluding hydrogens is 470 g/mol. The van der Waals surface area contributed by atoms with Crippen molar-refractivity contribution in [2.24, 2.45) is 0 Å². The molecular formula is C25H34ClN5O2S. The van der Waals surface area contributed by atoms with Crippen molar-refractivity contribution in [3.63, 3.8) is 0 Å². The number of hydrogen-bond acceptors (Lipinski definition) is 7. The summed E-state index contributed by atoms with van der Waals surface area (Å²) in [7, 11) is 2.10. The number of nitrogens with one attached hydrogen (secondary N) is 1. The largest absolute Gasteiger partial charge is 0.379 e. The second-order valence-electron chi connectivity index (χ2n) is 8.93. The Labute approximate surface area is 211 Å². The number of hydrogen-bond donors (Lipinski definition) is 1. The first-order valence-corrected chi connectivity index (χ1v) is 13.5. The molecule has 1 aromatic heterocycles. The number of carbonyl (C=O) groups is 1. The van der Waals surface area contributed by atoms with Gasteiger partial charge in [0.25, 0.3) is 5.91 Å². The van der Waals surface area contributed by atoms with Crippen molar-refractivity contribution in [2.45, 2.75) is 49.1 Å². The van der Waals surface area contributed by atoms with Crippen LogP contribution in [0.4, 0.5) is 5.82 Å².